The molecule has 1 aliphatic rings. The normalized spacial score (nSPS) is 20.1. The summed E-state index contributed by atoms with van der Waals surface area (Å²) in [4.78, 5) is 25.4. The molecule has 8 heteroatoms. The molecule has 1 fully saturated rings. The second-order valence-electron chi connectivity index (χ2n) is 9.14. The fourth-order valence-electron chi connectivity index (χ4n) is 3.81. The van der Waals surface area contributed by atoms with Gasteiger partial charge in [-0.25, -0.2) is 22.4 Å². The second-order valence-corrected chi connectivity index (χ2v) is 9.14. The molecule has 2 aromatic carbocycles. The number of halogens is 4. The highest BCUT2D eigenvalue weighted by Gasteiger charge is 2.34. The van der Waals surface area contributed by atoms with Crippen molar-refractivity contribution < 1.29 is 31.9 Å². The average molecular weight is 463 g/mol. The lowest BCUT2D eigenvalue weighted by Crippen LogP contribution is -2.44. The van der Waals surface area contributed by atoms with E-state index in [1.807, 2.05) is 0 Å². The summed E-state index contributed by atoms with van der Waals surface area (Å²) in [7, 11) is 0. The lowest BCUT2D eigenvalue weighted by molar-refractivity contribution is -0.120. The van der Waals surface area contributed by atoms with E-state index >= 15 is 0 Å². The number of ketones is 1. The number of rotatable bonds is 4. The quantitative estimate of drug-likeness (QED) is 0.465. The summed E-state index contributed by atoms with van der Waals surface area (Å²) in [6.07, 6.45) is 1.34. The summed E-state index contributed by atoms with van der Waals surface area (Å²) < 4.78 is 59.2. The molecule has 176 valence electrons. The molecule has 0 bridgehead atoms. The number of Topliss-reactive ketones (excluding diaryl/α,β-unsaturated/α-hetero) is 1. The largest absolute Gasteiger partial charge is 0.444 e. The minimum Gasteiger partial charge on any atom is -0.444 e. The summed E-state index contributed by atoms with van der Waals surface area (Å²) in [5.74, 6) is -4.96. The number of hydrogen-bond donors (Lipinski definition) is 1. The number of nitrogens with one attached hydrogen (secondary N) is 1. The number of benzene rings is 2. The zero-order chi connectivity index (χ0) is 24.3. The molecule has 33 heavy (non-hydrogen) atoms. The third kappa shape index (κ3) is 6.66. The van der Waals surface area contributed by atoms with Gasteiger partial charge in [-0.15, -0.1) is 0 Å². The van der Waals surface area contributed by atoms with Crippen molar-refractivity contribution in [2.45, 2.75) is 51.7 Å². The maximum Gasteiger partial charge on any atom is 0.407 e. The Kier molecular flexibility index (Phi) is 7.25. The van der Waals surface area contributed by atoms with Gasteiger partial charge in [-0.1, -0.05) is 12.1 Å². The Morgan fingerprint density at radius 1 is 1.03 bits per heavy atom. The van der Waals surface area contributed by atoms with Crippen molar-refractivity contribution in [1.82, 2.24) is 5.32 Å². The minimum atomic E-state index is -1.05. The third-order valence-electron chi connectivity index (χ3n) is 5.19. The molecule has 1 N–H and O–H groups in total. The first-order valence-corrected chi connectivity index (χ1v) is 10.5. The van der Waals surface area contributed by atoms with E-state index in [1.165, 1.54) is 18.2 Å². The SMILES string of the molecule is CC(C)(C)OC(=O)NC1C/C(=C\c2ccc(F)c(F)c2)C(=O)C(Cc2ccc(F)c(F)c2)C1. The first-order valence-electron chi connectivity index (χ1n) is 10.5. The number of amides is 1. The molecule has 2 atom stereocenters. The average Bonchev–Trinajstić information content (AvgIpc) is 2.69. The Balaban J connectivity index is 1.88. The Morgan fingerprint density at radius 2 is 1.67 bits per heavy atom. The zero-order valence-electron chi connectivity index (χ0n) is 18.6. The molecule has 2 unspecified atom stereocenters. The fourth-order valence-corrected chi connectivity index (χ4v) is 3.81. The molecule has 1 aliphatic carbocycles. The van der Waals surface area contributed by atoms with Gasteiger partial charge in [0.05, 0.1) is 0 Å². The summed E-state index contributed by atoms with van der Waals surface area (Å²) >= 11 is 0. The Hall–Kier alpha value is -3.16. The van der Waals surface area contributed by atoms with Gasteiger partial charge in [0.1, 0.15) is 5.60 Å². The van der Waals surface area contributed by atoms with Crippen molar-refractivity contribution in [1.29, 1.82) is 0 Å². The van der Waals surface area contributed by atoms with Crippen LogP contribution in [0.15, 0.2) is 42.0 Å². The molecule has 0 radical (unpaired) electrons. The molecule has 1 amide bonds. The van der Waals surface area contributed by atoms with E-state index in [-0.39, 0.29) is 25.0 Å². The van der Waals surface area contributed by atoms with Crippen LogP contribution in [-0.2, 0) is 16.0 Å². The topological polar surface area (TPSA) is 55.4 Å². The smallest absolute Gasteiger partial charge is 0.407 e. The summed E-state index contributed by atoms with van der Waals surface area (Å²) in [5.41, 5.74) is 0.309. The van der Waals surface area contributed by atoms with Crippen LogP contribution in [0.5, 0.6) is 0 Å². The van der Waals surface area contributed by atoms with Gasteiger partial charge in [-0.3, -0.25) is 4.79 Å². The fraction of sp³-hybridized carbons (Fsp3) is 0.360. The van der Waals surface area contributed by atoms with Crippen molar-refractivity contribution in [3.05, 3.63) is 76.4 Å². The molecule has 1 saturated carbocycles. The van der Waals surface area contributed by atoms with Crippen LogP contribution in [-0.4, -0.2) is 23.5 Å². The van der Waals surface area contributed by atoms with Gasteiger partial charge in [0, 0.05) is 12.0 Å². The van der Waals surface area contributed by atoms with Gasteiger partial charge in [0.15, 0.2) is 29.1 Å². The summed E-state index contributed by atoms with van der Waals surface area (Å²) in [6.45, 7) is 5.16. The monoisotopic (exact) mass is 463 g/mol. The van der Waals surface area contributed by atoms with Gasteiger partial charge in [-0.2, -0.15) is 0 Å². The van der Waals surface area contributed by atoms with Crippen molar-refractivity contribution in [3.8, 4) is 0 Å². The standard InChI is InChI=1S/C25H25F4NO3/c1-25(2,3)33-24(32)30-18-12-16(8-14-4-6-19(26)21(28)10-14)23(31)17(13-18)9-15-5-7-20(27)22(29)11-15/h4-8,10-11,17-18H,9,12-13H2,1-3H3,(H,30,32)/b16-8+. The number of carbonyl (C=O) groups excluding carboxylic acids is 2. The Morgan fingerprint density at radius 3 is 2.27 bits per heavy atom. The van der Waals surface area contributed by atoms with Crippen LogP contribution in [0.3, 0.4) is 0 Å². The van der Waals surface area contributed by atoms with Crippen LogP contribution >= 0.6 is 0 Å². The highest BCUT2D eigenvalue weighted by atomic mass is 19.2. The van der Waals surface area contributed by atoms with E-state index in [2.05, 4.69) is 5.32 Å². The van der Waals surface area contributed by atoms with Gasteiger partial charge >= 0.3 is 6.09 Å². The van der Waals surface area contributed by atoms with E-state index < -0.39 is 46.9 Å². The van der Waals surface area contributed by atoms with Crippen LogP contribution < -0.4 is 5.32 Å². The first-order chi connectivity index (χ1) is 15.4. The molecule has 0 saturated heterocycles. The first kappa shape index (κ1) is 24.5. The van der Waals surface area contributed by atoms with Gasteiger partial charge in [-0.05, 0) is 87.1 Å². The van der Waals surface area contributed by atoms with E-state index in [1.54, 1.807) is 20.8 Å². The van der Waals surface area contributed by atoms with E-state index in [9.17, 15) is 27.2 Å². The number of carbonyl (C=O) groups is 2. The predicted octanol–water partition coefficient (Wildman–Crippen LogP) is 5.74. The minimum absolute atomic E-state index is 0.123. The maximum absolute atomic E-state index is 13.7. The molecular weight excluding hydrogens is 438 g/mol. The molecule has 4 nitrogen and oxygen atoms in total. The molecular formula is C25H25F4NO3. The molecule has 0 aromatic heterocycles. The Labute approximate surface area is 189 Å². The lowest BCUT2D eigenvalue weighted by atomic mass is 9.77. The van der Waals surface area contributed by atoms with Crippen LogP contribution in [0.1, 0.15) is 44.7 Å². The highest BCUT2D eigenvalue weighted by Crippen LogP contribution is 2.31. The maximum atomic E-state index is 13.7. The van der Waals surface area contributed by atoms with Crippen LogP contribution in [0, 0.1) is 29.2 Å². The van der Waals surface area contributed by atoms with E-state index in [0.717, 1.165) is 24.3 Å². The third-order valence-corrected chi connectivity index (χ3v) is 5.19. The summed E-state index contributed by atoms with van der Waals surface area (Å²) in [6, 6.07) is 6.22. The van der Waals surface area contributed by atoms with Crippen LogP contribution in [0.25, 0.3) is 6.08 Å². The van der Waals surface area contributed by atoms with Crippen molar-refractivity contribution >= 4 is 18.0 Å². The zero-order valence-corrected chi connectivity index (χ0v) is 18.6. The Bertz CT molecular complexity index is 1090. The second kappa shape index (κ2) is 9.77. The van der Waals surface area contributed by atoms with Crippen molar-refractivity contribution in [2.24, 2.45) is 5.92 Å². The number of alkyl carbamates (subject to hydrolysis) is 1. The summed E-state index contributed by atoms with van der Waals surface area (Å²) in [5, 5.41) is 2.75. The molecule has 3 rings (SSSR count). The molecule has 0 heterocycles. The van der Waals surface area contributed by atoms with Gasteiger partial charge in [0.2, 0.25) is 0 Å². The molecule has 0 spiro atoms. The molecule has 2 aromatic rings. The van der Waals surface area contributed by atoms with Crippen LogP contribution in [0.4, 0.5) is 22.4 Å². The van der Waals surface area contributed by atoms with Crippen molar-refractivity contribution in [2.75, 3.05) is 0 Å². The number of hydrogen-bond acceptors (Lipinski definition) is 3. The van der Waals surface area contributed by atoms with Crippen molar-refractivity contribution in [3.63, 3.8) is 0 Å². The lowest BCUT2D eigenvalue weighted by Gasteiger charge is -2.31. The van der Waals surface area contributed by atoms with Gasteiger partial charge < -0.3 is 10.1 Å². The number of ether oxygens (including phenoxy) is 1. The van der Waals surface area contributed by atoms with E-state index in [4.69, 9.17) is 4.74 Å². The van der Waals surface area contributed by atoms with E-state index in [0.29, 0.717) is 16.7 Å². The van der Waals surface area contributed by atoms with Crippen LogP contribution in [0.2, 0.25) is 0 Å². The highest BCUT2D eigenvalue weighted by molar-refractivity contribution is 6.02. The molecule has 0 aliphatic heterocycles. The predicted molar refractivity (Wildman–Crippen MR) is 115 cm³/mol. The van der Waals surface area contributed by atoms with Gasteiger partial charge in [0.25, 0.3) is 0 Å².